The largest absolute Gasteiger partial charge is 0.382 e. The van der Waals surface area contributed by atoms with Crippen molar-refractivity contribution in [2.75, 3.05) is 24.1 Å². The van der Waals surface area contributed by atoms with Crippen LogP contribution in [-0.2, 0) is 13.0 Å². The number of amides is 1. The summed E-state index contributed by atoms with van der Waals surface area (Å²) in [7, 11) is 0. The van der Waals surface area contributed by atoms with Crippen LogP contribution in [0.2, 0.25) is 0 Å². The van der Waals surface area contributed by atoms with Gasteiger partial charge in [-0.2, -0.15) is 0 Å². The number of aromatic nitrogens is 1. The van der Waals surface area contributed by atoms with Crippen molar-refractivity contribution in [3.05, 3.63) is 26.8 Å². The number of fused-ring (bicyclic) bond motifs is 1. The first kappa shape index (κ1) is 14.3. The topological polar surface area (TPSA) is 71.2 Å². The number of nitrogen functional groups attached to an aromatic ring is 1. The second-order valence-corrected chi connectivity index (χ2v) is 7.01. The number of anilines is 2. The van der Waals surface area contributed by atoms with Crippen LogP contribution in [0, 0.1) is 0 Å². The van der Waals surface area contributed by atoms with Crippen LogP contribution in [-0.4, -0.2) is 28.9 Å². The zero-order chi connectivity index (χ0) is 14.8. The Morgan fingerprint density at radius 1 is 1.57 bits per heavy atom. The maximum Gasteiger partial charge on any atom is 0.268 e. The van der Waals surface area contributed by atoms with Crippen molar-refractivity contribution in [1.29, 1.82) is 0 Å². The van der Waals surface area contributed by atoms with Crippen LogP contribution in [0.4, 0.5) is 10.9 Å². The summed E-state index contributed by atoms with van der Waals surface area (Å²) in [6.45, 7) is 4.35. The van der Waals surface area contributed by atoms with Crippen molar-refractivity contribution in [3.8, 4) is 0 Å². The van der Waals surface area contributed by atoms with Crippen LogP contribution in [0.5, 0.6) is 0 Å². The quantitative estimate of drug-likeness (QED) is 0.908. The third-order valence-electron chi connectivity index (χ3n) is 3.47. The van der Waals surface area contributed by atoms with Crippen molar-refractivity contribution in [2.45, 2.75) is 26.3 Å². The van der Waals surface area contributed by atoms with E-state index in [1.54, 1.807) is 11.3 Å². The van der Waals surface area contributed by atoms with Crippen LogP contribution >= 0.6 is 22.7 Å². The van der Waals surface area contributed by atoms with Gasteiger partial charge in [-0.1, -0.05) is 18.3 Å². The molecule has 3 heterocycles. The molecule has 2 aromatic rings. The van der Waals surface area contributed by atoms with Gasteiger partial charge in [0.2, 0.25) is 0 Å². The molecule has 1 aliphatic heterocycles. The molecule has 3 rings (SSSR count). The molecule has 0 bridgehead atoms. The highest BCUT2D eigenvalue weighted by atomic mass is 32.1. The van der Waals surface area contributed by atoms with E-state index in [0.29, 0.717) is 17.2 Å². The number of carbonyl (C=O) groups is 1. The van der Waals surface area contributed by atoms with E-state index in [1.165, 1.54) is 21.8 Å². The lowest BCUT2D eigenvalue weighted by atomic mass is 10.1. The van der Waals surface area contributed by atoms with E-state index in [2.05, 4.69) is 28.7 Å². The molecule has 21 heavy (non-hydrogen) atoms. The SMILES string of the molecule is CCCNc1nc(N)c(C(=O)N2CCc3sccc3C2)s1. The predicted octanol–water partition coefficient (Wildman–Crippen LogP) is 2.81. The van der Waals surface area contributed by atoms with Gasteiger partial charge in [0.25, 0.3) is 5.91 Å². The van der Waals surface area contributed by atoms with Crippen LogP contribution in [0.25, 0.3) is 0 Å². The summed E-state index contributed by atoms with van der Waals surface area (Å²) in [4.78, 5) is 20.7. The number of nitrogens with one attached hydrogen (secondary N) is 1. The minimum absolute atomic E-state index is 0.00796. The van der Waals surface area contributed by atoms with Crippen LogP contribution in [0.3, 0.4) is 0 Å². The van der Waals surface area contributed by atoms with Gasteiger partial charge in [-0.25, -0.2) is 4.98 Å². The molecule has 7 heteroatoms. The molecular formula is C14H18N4OS2. The number of rotatable bonds is 4. The fourth-order valence-electron chi connectivity index (χ4n) is 2.36. The van der Waals surface area contributed by atoms with Crippen molar-refractivity contribution in [3.63, 3.8) is 0 Å². The third-order valence-corrected chi connectivity index (χ3v) is 5.51. The molecule has 1 amide bonds. The Labute approximate surface area is 131 Å². The zero-order valence-electron chi connectivity index (χ0n) is 11.9. The van der Waals surface area contributed by atoms with Gasteiger partial charge in [-0.3, -0.25) is 4.79 Å². The number of carbonyl (C=O) groups excluding carboxylic acids is 1. The normalized spacial score (nSPS) is 14.0. The lowest BCUT2D eigenvalue weighted by Crippen LogP contribution is -2.35. The number of hydrogen-bond acceptors (Lipinski definition) is 6. The molecule has 0 aliphatic carbocycles. The van der Waals surface area contributed by atoms with Crippen LogP contribution in [0.1, 0.15) is 33.5 Å². The molecule has 5 nitrogen and oxygen atoms in total. The van der Waals surface area contributed by atoms with Gasteiger partial charge in [-0.05, 0) is 29.9 Å². The number of thiophene rings is 1. The molecule has 0 unspecified atom stereocenters. The summed E-state index contributed by atoms with van der Waals surface area (Å²) in [5.41, 5.74) is 7.17. The summed E-state index contributed by atoms with van der Waals surface area (Å²) in [5.74, 6) is 0.325. The van der Waals surface area contributed by atoms with Gasteiger partial charge in [0.1, 0.15) is 10.7 Å². The fourth-order valence-corrected chi connectivity index (χ4v) is 4.13. The summed E-state index contributed by atoms with van der Waals surface area (Å²) < 4.78 is 0. The van der Waals surface area contributed by atoms with Crippen molar-refractivity contribution < 1.29 is 4.79 Å². The standard InChI is InChI=1S/C14H18N4OS2/c1-2-5-16-14-17-12(15)11(21-14)13(19)18-6-3-10-9(8-18)4-7-20-10/h4,7H,2-3,5-6,8,15H2,1H3,(H,16,17). The van der Waals surface area contributed by atoms with Gasteiger partial charge >= 0.3 is 0 Å². The zero-order valence-corrected chi connectivity index (χ0v) is 13.5. The summed E-state index contributed by atoms with van der Waals surface area (Å²) in [6, 6.07) is 2.10. The lowest BCUT2D eigenvalue weighted by Gasteiger charge is -2.26. The highest BCUT2D eigenvalue weighted by Gasteiger charge is 2.26. The molecule has 3 N–H and O–H groups in total. The smallest absolute Gasteiger partial charge is 0.268 e. The van der Waals surface area contributed by atoms with Gasteiger partial charge in [-0.15, -0.1) is 11.3 Å². The van der Waals surface area contributed by atoms with Gasteiger partial charge in [0, 0.05) is 24.5 Å². The minimum Gasteiger partial charge on any atom is -0.382 e. The Balaban J connectivity index is 1.75. The Bertz CT molecular complexity index is 649. The first-order chi connectivity index (χ1) is 10.2. The van der Waals surface area contributed by atoms with E-state index in [4.69, 9.17) is 5.73 Å². The maximum absolute atomic E-state index is 12.6. The van der Waals surface area contributed by atoms with Crippen molar-refractivity contribution >= 4 is 39.5 Å². The summed E-state index contributed by atoms with van der Waals surface area (Å²) >= 11 is 3.12. The third kappa shape index (κ3) is 2.89. The van der Waals surface area contributed by atoms with E-state index >= 15 is 0 Å². The minimum atomic E-state index is -0.00796. The maximum atomic E-state index is 12.6. The van der Waals surface area contributed by atoms with E-state index in [0.717, 1.165) is 31.1 Å². The van der Waals surface area contributed by atoms with Gasteiger partial charge in [0.15, 0.2) is 5.13 Å². The molecule has 2 aromatic heterocycles. The molecule has 0 fully saturated rings. The van der Waals surface area contributed by atoms with Crippen molar-refractivity contribution in [2.24, 2.45) is 0 Å². The molecule has 0 saturated carbocycles. The van der Waals surface area contributed by atoms with E-state index in [-0.39, 0.29) is 5.91 Å². The first-order valence-corrected chi connectivity index (χ1v) is 8.73. The highest BCUT2D eigenvalue weighted by molar-refractivity contribution is 7.18. The molecule has 0 aromatic carbocycles. The van der Waals surface area contributed by atoms with Crippen molar-refractivity contribution in [1.82, 2.24) is 9.88 Å². The average Bonchev–Trinajstić information content (AvgIpc) is 3.09. The van der Waals surface area contributed by atoms with Crippen LogP contribution < -0.4 is 11.1 Å². The number of thiazole rings is 1. The Hall–Kier alpha value is -1.60. The molecule has 0 saturated heterocycles. The second kappa shape index (κ2) is 6.03. The predicted molar refractivity (Wildman–Crippen MR) is 88.1 cm³/mol. The van der Waals surface area contributed by atoms with Gasteiger partial charge in [0.05, 0.1) is 0 Å². The van der Waals surface area contributed by atoms with Crippen LogP contribution in [0.15, 0.2) is 11.4 Å². The van der Waals surface area contributed by atoms with Gasteiger partial charge < -0.3 is 16.0 Å². The fraction of sp³-hybridized carbons (Fsp3) is 0.429. The van der Waals surface area contributed by atoms with E-state index in [1.807, 2.05) is 4.90 Å². The number of hydrogen-bond donors (Lipinski definition) is 2. The summed E-state index contributed by atoms with van der Waals surface area (Å²) in [5, 5.41) is 6.00. The average molecular weight is 322 g/mol. The molecule has 112 valence electrons. The second-order valence-electron chi connectivity index (χ2n) is 5.01. The molecule has 1 aliphatic rings. The Kier molecular flexibility index (Phi) is 4.12. The lowest BCUT2D eigenvalue weighted by molar-refractivity contribution is 0.0741. The monoisotopic (exact) mass is 322 g/mol. The Morgan fingerprint density at radius 2 is 2.43 bits per heavy atom. The number of nitrogens with zero attached hydrogens (tertiary/aromatic N) is 2. The highest BCUT2D eigenvalue weighted by Crippen LogP contribution is 2.29. The van der Waals surface area contributed by atoms with E-state index < -0.39 is 0 Å². The Morgan fingerprint density at radius 3 is 3.24 bits per heavy atom. The van der Waals surface area contributed by atoms with E-state index in [9.17, 15) is 4.79 Å². The molecule has 0 radical (unpaired) electrons. The molecule has 0 spiro atoms. The first-order valence-electron chi connectivity index (χ1n) is 7.03. The molecular weight excluding hydrogens is 304 g/mol. The number of nitrogens with two attached hydrogens (primary N) is 1. The molecule has 0 atom stereocenters. The summed E-state index contributed by atoms with van der Waals surface area (Å²) in [6.07, 6.45) is 1.94.